The molecular weight excluding hydrogens is 442 g/mol. The fourth-order valence-corrected chi connectivity index (χ4v) is 4.00. The molecule has 1 aromatic heterocycles. The predicted molar refractivity (Wildman–Crippen MR) is 132 cm³/mol. The molecule has 0 aliphatic carbocycles. The van der Waals surface area contributed by atoms with Crippen molar-refractivity contribution >= 4 is 35.0 Å². The van der Waals surface area contributed by atoms with Crippen LogP contribution in [-0.4, -0.2) is 32.1 Å². The van der Waals surface area contributed by atoms with E-state index in [1.54, 1.807) is 12.1 Å². The van der Waals surface area contributed by atoms with E-state index in [1.807, 2.05) is 30.5 Å². The number of hydrazone groups is 1. The summed E-state index contributed by atoms with van der Waals surface area (Å²) in [6, 6.07) is 15.7. The molecule has 0 aliphatic rings. The number of carbonyl (C=O) groups is 1. The van der Waals surface area contributed by atoms with Gasteiger partial charge in [-0.05, 0) is 42.5 Å². The third-order valence-electron chi connectivity index (χ3n) is 4.98. The summed E-state index contributed by atoms with van der Waals surface area (Å²) in [6.45, 7) is 11.2. The quantitative estimate of drug-likeness (QED) is 0.280. The number of thioether (sulfide) groups is 1. The molecule has 0 bridgehead atoms. The number of rotatable bonds is 7. The number of amides is 1. The monoisotopic (exact) mass is 469 g/mol. The van der Waals surface area contributed by atoms with Gasteiger partial charge in [-0.3, -0.25) is 4.79 Å². The van der Waals surface area contributed by atoms with Crippen LogP contribution in [0, 0.1) is 0 Å². The summed E-state index contributed by atoms with van der Waals surface area (Å²) in [5.41, 5.74) is 6.58. The van der Waals surface area contributed by atoms with Crippen molar-refractivity contribution in [2.24, 2.45) is 5.10 Å². The second kappa shape index (κ2) is 10.3. The van der Waals surface area contributed by atoms with E-state index in [1.165, 1.54) is 17.3 Å². The molecule has 0 fully saturated rings. The Morgan fingerprint density at radius 1 is 1.09 bits per heavy atom. The normalized spacial score (nSPS) is 12.1. The molecule has 3 aromatic rings. The van der Waals surface area contributed by atoms with E-state index in [4.69, 9.17) is 11.6 Å². The molecule has 0 atom stereocenters. The number of nitrogens with one attached hydrogen (secondary N) is 1. The standard InChI is InChI=1S/C24H28ClN5OS/c1-6-30-22(18-7-11-19(12-8-18)24(3,4)5)28-29-23(30)32-15-21(31)27-26-16(2)17-9-13-20(25)14-10-17/h7-14H,6,15H2,1-5H3,(H,27,31)/b26-16+. The zero-order valence-corrected chi connectivity index (χ0v) is 20.6. The van der Waals surface area contributed by atoms with Gasteiger partial charge in [-0.1, -0.05) is 80.5 Å². The maximum atomic E-state index is 12.3. The second-order valence-corrected chi connectivity index (χ2v) is 9.78. The van der Waals surface area contributed by atoms with Gasteiger partial charge < -0.3 is 4.57 Å². The van der Waals surface area contributed by atoms with Gasteiger partial charge in [0.25, 0.3) is 5.91 Å². The lowest BCUT2D eigenvalue weighted by atomic mass is 9.87. The van der Waals surface area contributed by atoms with Gasteiger partial charge in [0.15, 0.2) is 11.0 Å². The minimum absolute atomic E-state index is 0.0970. The lowest BCUT2D eigenvalue weighted by Gasteiger charge is -2.19. The number of nitrogens with zero attached hydrogens (tertiary/aromatic N) is 4. The van der Waals surface area contributed by atoms with Crippen LogP contribution in [0.5, 0.6) is 0 Å². The average Bonchev–Trinajstić information content (AvgIpc) is 3.19. The molecule has 2 aromatic carbocycles. The Morgan fingerprint density at radius 3 is 2.34 bits per heavy atom. The van der Waals surface area contributed by atoms with E-state index in [9.17, 15) is 4.79 Å². The Kier molecular flexibility index (Phi) is 7.74. The average molecular weight is 470 g/mol. The summed E-state index contributed by atoms with van der Waals surface area (Å²) in [4.78, 5) is 12.3. The number of carbonyl (C=O) groups excluding carboxylic acids is 1. The molecule has 1 N–H and O–H groups in total. The maximum absolute atomic E-state index is 12.3. The zero-order chi connectivity index (χ0) is 23.3. The topological polar surface area (TPSA) is 72.2 Å². The van der Waals surface area contributed by atoms with Crippen molar-refractivity contribution in [3.63, 3.8) is 0 Å². The predicted octanol–water partition coefficient (Wildman–Crippen LogP) is 5.55. The van der Waals surface area contributed by atoms with Crippen LogP contribution in [0.3, 0.4) is 0 Å². The Bertz CT molecular complexity index is 1100. The van der Waals surface area contributed by atoms with Gasteiger partial charge >= 0.3 is 0 Å². The van der Waals surface area contributed by atoms with Gasteiger partial charge in [-0.2, -0.15) is 5.10 Å². The first-order valence-corrected chi connectivity index (χ1v) is 11.8. The molecule has 168 valence electrons. The number of aromatic nitrogens is 3. The van der Waals surface area contributed by atoms with Crippen molar-refractivity contribution in [2.75, 3.05) is 5.75 Å². The molecule has 1 heterocycles. The SMILES string of the molecule is CCn1c(SCC(=O)N/N=C(\C)c2ccc(Cl)cc2)nnc1-c1ccc(C(C)(C)C)cc1. The molecule has 1 amide bonds. The highest BCUT2D eigenvalue weighted by atomic mass is 35.5. The third kappa shape index (κ3) is 5.99. The molecule has 8 heteroatoms. The summed E-state index contributed by atoms with van der Waals surface area (Å²) >= 11 is 7.25. The van der Waals surface area contributed by atoms with E-state index < -0.39 is 0 Å². The largest absolute Gasteiger partial charge is 0.302 e. The van der Waals surface area contributed by atoms with Crippen molar-refractivity contribution in [3.8, 4) is 11.4 Å². The van der Waals surface area contributed by atoms with E-state index in [2.05, 4.69) is 65.8 Å². The van der Waals surface area contributed by atoms with Gasteiger partial charge in [0.1, 0.15) is 0 Å². The van der Waals surface area contributed by atoms with Crippen LogP contribution in [0.4, 0.5) is 0 Å². The van der Waals surface area contributed by atoms with Crippen molar-refractivity contribution in [2.45, 2.75) is 51.7 Å². The molecule has 3 rings (SSSR count). The van der Waals surface area contributed by atoms with Crippen LogP contribution >= 0.6 is 23.4 Å². The van der Waals surface area contributed by atoms with Crippen LogP contribution in [0.25, 0.3) is 11.4 Å². The molecule has 0 spiro atoms. The Labute approximate surface area is 198 Å². The first-order valence-electron chi connectivity index (χ1n) is 10.4. The summed E-state index contributed by atoms with van der Waals surface area (Å²) in [6.07, 6.45) is 0. The zero-order valence-electron chi connectivity index (χ0n) is 19.0. The lowest BCUT2D eigenvalue weighted by Crippen LogP contribution is -2.21. The number of hydrogen-bond acceptors (Lipinski definition) is 5. The smallest absolute Gasteiger partial charge is 0.250 e. The number of halogens is 1. The van der Waals surface area contributed by atoms with Crippen LogP contribution < -0.4 is 5.43 Å². The molecule has 0 saturated carbocycles. The first-order chi connectivity index (χ1) is 15.2. The third-order valence-corrected chi connectivity index (χ3v) is 6.20. The van der Waals surface area contributed by atoms with Crippen LogP contribution in [0.1, 0.15) is 45.7 Å². The fourth-order valence-electron chi connectivity index (χ4n) is 3.08. The van der Waals surface area contributed by atoms with Crippen LogP contribution in [-0.2, 0) is 16.8 Å². The van der Waals surface area contributed by atoms with E-state index in [-0.39, 0.29) is 17.1 Å². The Morgan fingerprint density at radius 2 is 1.75 bits per heavy atom. The van der Waals surface area contributed by atoms with Gasteiger partial charge in [0, 0.05) is 17.1 Å². The first kappa shape index (κ1) is 24.0. The highest BCUT2D eigenvalue weighted by Gasteiger charge is 2.17. The molecule has 0 radical (unpaired) electrons. The fraction of sp³-hybridized carbons (Fsp3) is 0.333. The minimum Gasteiger partial charge on any atom is -0.302 e. The molecule has 0 unspecified atom stereocenters. The second-order valence-electron chi connectivity index (χ2n) is 8.41. The van der Waals surface area contributed by atoms with Crippen LogP contribution in [0.2, 0.25) is 5.02 Å². The minimum atomic E-state index is -0.204. The number of hydrogen-bond donors (Lipinski definition) is 1. The Balaban J connectivity index is 1.64. The lowest BCUT2D eigenvalue weighted by molar-refractivity contribution is -0.118. The molecule has 0 aliphatic heterocycles. The highest BCUT2D eigenvalue weighted by Crippen LogP contribution is 2.27. The molecular formula is C24H28ClN5OS. The van der Waals surface area contributed by atoms with E-state index >= 15 is 0 Å². The summed E-state index contributed by atoms with van der Waals surface area (Å²) in [5.74, 6) is 0.788. The van der Waals surface area contributed by atoms with Crippen molar-refractivity contribution < 1.29 is 4.79 Å². The molecule has 6 nitrogen and oxygen atoms in total. The van der Waals surface area contributed by atoms with Crippen molar-refractivity contribution in [1.82, 2.24) is 20.2 Å². The van der Waals surface area contributed by atoms with E-state index in [0.717, 1.165) is 17.0 Å². The summed E-state index contributed by atoms with van der Waals surface area (Å²) in [5, 5.41) is 14.2. The van der Waals surface area contributed by atoms with E-state index in [0.29, 0.717) is 22.4 Å². The van der Waals surface area contributed by atoms with Gasteiger partial charge in [0.2, 0.25) is 0 Å². The van der Waals surface area contributed by atoms with Gasteiger partial charge in [0.05, 0.1) is 11.5 Å². The van der Waals surface area contributed by atoms with Crippen molar-refractivity contribution in [3.05, 3.63) is 64.7 Å². The van der Waals surface area contributed by atoms with Crippen molar-refractivity contribution in [1.29, 1.82) is 0 Å². The van der Waals surface area contributed by atoms with Crippen LogP contribution in [0.15, 0.2) is 58.8 Å². The summed E-state index contributed by atoms with van der Waals surface area (Å²) < 4.78 is 2.02. The maximum Gasteiger partial charge on any atom is 0.250 e. The summed E-state index contributed by atoms with van der Waals surface area (Å²) in [7, 11) is 0. The number of benzene rings is 2. The van der Waals surface area contributed by atoms with Gasteiger partial charge in [-0.15, -0.1) is 10.2 Å². The van der Waals surface area contributed by atoms with Gasteiger partial charge in [-0.25, -0.2) is 5.43 Å². The Hall–Kier alpha value is -2.64. The highest BCUT2D eigenvalue weighted by molar-refractivity contribution is 7.99. The molecule has 32 heavy (non-hydrogen) atoms. The molecule has 0 saturated heterocycles.